The second kappa shape index (κ2) is 7.89. The van der Waals surface area contributed by atoms with E-state index < -0.39 is 31.3 Å². The second-order valence-electron chi connectivity index (χ2n) is 6.30. The molecule has 0 aliphatic heterocycles. The summed E-state index contributed by atoms with van der Waals surface area (Å²) in [7, 11) is 0. The van der Waals surface area contributed by atoms with Crippen LogP contribution in [0.2, 0.25) is 0 Å². The van der Waals surface area contributed by atoms with Crippen molar-refractivity contribution in [1.82, 2.24) is 4.90 Å². The van der Waals surface area contributed by atoms with E-state index in [1.807, 2.05) is 0 Å². The van der Waals surface area contributed by atoms with Crippen molar-refractivity contribution in [2.45, 2.75) is 45.3 Å². The molecule has 0 bridgehead atoms. The minimum atomic E-state index is -4.44. The van der Waals surface area contributed by atoms with E-state index >= 15 is 0 Å². The minimum absolute atomic E-state index is 0.0164. The molecule has 138 valence electrons. The Hall–Kier alpha value is -2.05. The minimum Gasteiger partial charge on any atom is -0.484 e. The SMILES string of the molecule is CCC(=O)c1ccc(OCC(=O)N(CC(F)(F)F)[C@@H](C)C2CC2)cc1. The zero-order valence-electron chi connectivity index (χ0n) is 14.3. The van der Waals surface area contributed by atoms with Gasteiger partial charge in [0.1, 0.15) is 12.3 Å². The molecular formula is C18H22F3NO3. The number of benzene rings is 1. The maximum atomic E-state index is 12.8. The third kappa shape index (κ3) is 5.76. The van der Waals surface area contributed by atoms with Crippen LogP contribution < -0.4 is 4.74 Å². The van der Waals surface area contributed by atoms with E-state index in [0.29, 0.717) is 17.7 Å². The van der Waals surface area contributed by atoms with E-state index in [2.05, 4.69) is 0 Å². The van der Waals surface area contributed by atoms with Crippen LogP contribution in [0.15, 0.2) is 24.3 Å². The first-order valence-corrected chi connectivity index (χ1v) is 8.33. The fourth-order valence-electron chi connectivity index (χ4n) is 2.65. The summed E-state index contributed by atoms with van der Waals surface area (Å²) in [5, 5.41) is 0. The second-order valence-corrected chi connectivity index (χ2v) is 6.30. The lowest BCUT2D eigenvalue weighted by Crippen LogP contribution is -2.47. The lowest BCUT2D eigenvalue weighted by atomic mass is 10.1. The Bertz CT molecular complexity index is 609. The molecule has 25 heavy (non-hydrogen) atoms. The van der Waals surface area contributed by atoms with Crippen LogP contribution in [-0.2, 0) is 4.79 Å². The highest BCUT2D eigenvalue weighted by atomic mass is 19.4. The molecule has 1 aliphatic rings. The van der Waals surface area contributed by atoms with Gasteiger partial charge in [0.25, 0.3) is 5.91 Å². The highest BCUT2D eigenvalue weighted by molar-refractivity contribution is 5.95. The number of alkyl halides is 3. The molecule has 0 spiro atoms. The lowest BCUT2D eigenvalue weighted by molar-refractivity contribution is -0.167. The first kappa shape index (κ1) is 19.3. The molecule has 2 rings (SSSR count). The molecule has 1 aromatic rings. The van der Waals surface area contributed by atoms with Crippen molar-refractivity contribution in [3.63, 3.8) is 0 Å². The summed E-state index contributed by atoms with van der Waals surface area (Å²) in [6, 6.07) is 5.77. The molecule has 0 radical (unpaired) electrons. The maximum Gasteiger partial charge on any atom is 0.406 e. The molecule has 0 N–H and O–H groups in total. The Labute approximate surface area is 144 Å². The molecule has 1 amide bonds. The highest BCUT2D eigenvalue weighted by Gasteiger charge is 2.40. The predicted molar refractivity (Wildman–Crippen MR) is 86.5 cm³/mol. The lowest BCUT2D eigenvalue weighted by Gasteiger charge is -2.30. The van der Waals surface area contributed by atoms with Gasteiger partial charge < -0.3 is 9.64 Å². The van der Waals surface area contributed by atoms with Crippen molar-refractivity contribution in [1.29, 1.82) is 0 Å². The molecule has 1 aromatic carbocycles. The van der Waals surface area contributed by atoms with Gasteiger partial charge in [-0.15, -0.1) is 0 Å². The largest absolute Gasteiger partial charge is 0.484 e. The molecule has 4 nitrogen and oxygen atoms in total. The van der Waals surface area contributed by atoms with Crippen molar-refractivity contribution in [2.24, 2.45) is 5.92 Å². The summed E-state index contributed by atoms with van der Waals surface area (Å²) in [4.78, 5) is 24.6. The highest BCUT2D eigenvalue weighted by Crippen LogP contribution is 2.36. The molecular weight excluding hydrogens is 335 g/mol. The van der Waals surface area contributed by atoms with Crippen molar-refractivity contribution >= 4 is 11.7 Å². The number of nitrogens with zero attached hydrogens (tertiary/aromatic N) is 1. The molecule has 7 heteroatoms. The van der Waals surface area contributed by atoms with Crippen LogP contribution in [0.25, 0.3) is 0 Å². The standard InChI is InChI=1S/C18H22F3NO3/c1-3-16(23)14-6-8-15(9-7-14)25-10-17(24)22(11-18(19,20)21)12(2)13-4-5-13/h6-9,12-13H,3-5,10-11H2,1-2H3/t12-/m0/s1. The Morgan fingerprint density at radius 3 is 2.32 bits per heavy atom. The average Bonchev–Trinajstić information content (AvgIpc) is 3.41. The van der Waals surface area contributed by atoms with Crippen molar-refractivity contribution in [2.75, 3.05) is 13.2 Å². The Kier molecular flexibility index (Phi) is 6.08. The topological polar surface area (TPSA) is 46.6 Å². The van der Waals surface area contributed by atoms with Crippen LogP contribution in [0.4, 0.5) is 13.2 Å². The fourth-order valence-corrected chi connectivity index (χ4v) is 2.65. The van der Waals surface area contributed by atoms with Gasteiger partial charge in [-0.05, 0) is 49.9 Å². The number of carbonyl (C=O) groups excluding carboxylic acids is 2. The zero-order chi connectivity index (χ0) is 18.6. The van der Waals surface area contributed by atoms with Crippen LogP contribution in [0.5, 0.6) is 5.75 Å². The van der Waals surface area contributed by atoms with Crippen LogP contribution in [0.3, 0.4) is 0 Å². The molecule has 1 atom stereocenters. The van der Waals surface area contributed by atoms with E-state index in [1.54, 1.807) is 26.0 Å². The number of halogens is 3. The van der Waals surface area contributed by atoms with Crippen LogP contribution in [-0.4, -0.2) is 42.0 Å². The normalized spacial score (nSPS) is 15.6. The van der Waals surface area contributed by atoms with Crippen molar-refractivity contribution in [3.05, 3.63) is 29.8 Å². The van der Waals surface area contributed by atoms with E-state index in [0.717, 1.165) is 17.7 Å². The Balaban J connectivity index is 1.96. The van der Waals surface area contributed by atoms with E-state index in [-0.39, 0.29) is 11.7 Å². The van der Waals surface area contributed by atoms with Crippen molar-refractivity contribution < 1.29 is 27.5 Å². The third-order valence-electron chi connectivity index (χ3n) is 4.33. The summed E-state index contributed by atoms with van der Waals surface area (Å²) < 4.78 is 43.6. The fraction of sp³-hybridized carbons (Fsp3) is 0.556. The van der Waals surface area contributed by atoms with E-state index in [9.17, 15) is 22.8 Å². The van der Waals surface area contributed by atoms with E-state index in [4.69, 9.17) is 4.74 Å². The van der Waals surface area contributed by atoms with Gasteiger partial charge in [-0.1, -0.05) is 6.92 Å². The monoisotopic (exact) mass is 357 g/mol. The summed E-state index contributed by atoms with van der Waals surface area (Å²) >= 11 is 0. The van der Waals surface area contributed by atoms with Crippen LogP contribution in [0.1, 0.15) is 43.5 Å². The summed E-state index contributed by atoms with van der Waals surface area (Å²) in [5.41, 5.74) is 0.530. The molecule has 1 aliphatic carbocycles. The number of Topliss-reactive ketones (excluding diaryl/α,β-unsaturated/α-hetero) is 1. The Morgan fingerprint density at radius 1 is 1.24 bits per heavy atom. The third-order valence-corrected chi connectivity index (χ3v) is 4.33. The number of rotatable bonds is 8. The van der Waals surface area contributed by atoms with Gasteiger partial charge in [0, 0.05) is 18.0 Å². The van der Waals surface area contributed by atoms with Gasteiger partial charge in [0.05, 0.1) is 0 Å². The Morgan fingerprint density at radius 2 is 1.84 bits per heavy atom. The van der Waals surface area contributed by atoms with E-state index in [1.165, 1.54) is 12.1 Å². The molecule has 0 saturated heterocycles. The van der Waals surface area contributed by atoms with Crippen LogP contribution in [0, 0.1) is 5.92 Å². The molecule has 1 fully saturated rings. The number of ether oxygens (including phenoxy) is 1. The van der Waals surface area contributed by atoms with Gasteiger partial charge in [-0.3, -0.25) is 9.59 Å². The number of amides is 1. The van der Waals surface area contributed by atoms with Gasteiger partial charge in [0.15, 0.2) is 12.4 Å². The number of hydrogen-bond acceptors (Lipinski definition) is 3. The van der Waals surface area contributed by atoms with Gasteiger partial charge in [-0.2, -0.15) is 13.2 Å². The molecule has 0 aromatic heterocycles. The quantitative estimate of drug-likeness (QED) is 0.664. The van der Waals surface area contributed by atoms with Crippen molar-refractivity contribution in [3.8, 4) is 5.75 Å². The summed E-state index contributed by atoms with van der Waals surface area (Å²) in [6.45, 7) is 1.67. The number of ketones is 1. The summed E-state index contributed by atoms with van der Waals surface area (Å²) in [5.74, 6) is -0.236. The van der Waals surface area contributed by atoms with Gasteiger partial charge in [-0.25, -0.2) is 0 Å². The first-order chi connectivity index (χ1) is 11.7. The van der Waals surface area contributed by atoms with Gasteiger partial charge in [0.2, 0.25) is 0 Å². The van der Waals surface area contributed by atoms with Gasteiger partial charge >= 0.3 is 6.18 Å². The summed E-state index contributed by atoms with van der Waals surface area (Å²) in [6.07, 6.45) is -2.38. The number of hydrogen-bond donors (Lipinski definition) is 0. The predicted octanol–water partition coefficient (Wildman–Crippen LogP) is 3.85. The maximum absolute atomic E-state index is 12.8. The first-order valence-electron chi connectivity index (χ1n) is 8.33. The zero-order valence-corrected chi connectivity index (χ0v) is 14.3. The van der Waals surface area contributed by atoms with Crippen LogP contribution >= 0.6 is 0 Å². The average molecular weight is 357 g/mol. The molecule has 0 unspecified atom stereocenters. The smallest absolute Gasteiger partial charge is 0.406 e. The molecule has 0 heterocycles. The number of carbonyl (C=O) groups is 2. The molecule has 1 saturated carbocycles.